The molecule has 0 saturated carbocycles. The molecule has 0 radical (unpaired) electrons. The van der Waals surface area contributed by atoms with Crippen LogP contribution in [0.25, 0.3) is 0 Å². The predicted octanol–water partition coefficient (Wildman–Crippen LogP) is 3.55. The van der Waals surface area contributed by atoms with Crippen molar-refractivity contribution in [1.29, 1.82) is 0 Å². The van der Waals surface area contributed by atoms with Crippen molar-refractivity contribution in [3.05, 3.63) is 53.6 Å². The molecule has 0 fully saturated rings. The first-order valence-corrected chi connectivity index (χ1v) is 7.09. The van der Waals surface area contributed by atoms with E-state index in [9.17, 15) is 9.90 Å². The van der Waals surface area contributed by atoms with Crippen molar-refractivity contribution < 1.29 is 14.6 Å². The number of rotatable bonds is 4. The fourth-order valence-corrected chi connectivity index (χ4v) is 2.08. The maximum Gasteiger partial charge on any atom is 0.259 e. The lowest BCUT2D eigenvalue weighted by molar-refractivity contribution is 0.102. The van der Waals surface area contributed by atoms with Crippen LogP contribution in [-0.4, -0.2) is 18.1 Å². The molecular formula is C15H14BrNO3. The van der Waals surface area contributed by atoms with Crippen LogP contribution in [0.1, 0.15) is 15.9 Å². The minimum atomic E-state index is -0.364. The fourth-order valence-electron chi connectivity index (χ4n) is 1.71. The number of hydrogen-bond donors (Lipinski definition) is 2. The van der Waals surface area contributed by atoms with Crippen LogP contribution in [0, 0.1) is 0 Å². The number of amides is 1. The number of phenols is 1. The molecule has 0 spiro atoms. The third-order valence-electron chi connectivity index (χ3n) is 2.82. The van der Waals surface area contributed by atoms with Gasteiger partial charge in [0, 0.05) is 17.1 Å². The van der Waals surface area contributed by atoms with E-state index in [0.29, 0.717) is 11.4 Å². The Hall–Kier alpha value is -2.01. The van der Waals surface area contributed by atoms with E-state index in [-0.39, 0.29) is 17.2 Å². The van der Waals surface area contributed by atoms with Crippen LogP contribution in [0.4, 0.5) is 5.69 Å². The number of phenolic OH excluding ortho intramolecular Hbond substituents is 1. The predicted molar refractivity (Wildman–Crippen MR) is 81.7 cm³/mol. The number of carbonyl (C=O) groups is 1. The standard InChI is InChI=1S/C15H14BrNO3/c1-20-12-6-7-13(14(18)8-12)15(19)17-11-4-2-10(9-16)3-5-11/h2-8,18H,9H2,1H3,(H,17,19). The van der Waals surface area contributed by atoms with Crippen LogP contribution >= 0.6 is 15.9 Å². The molecule has 2 N–H and O–H groups in total. The van der Waals surface area contributed by atoms with Gasteiger partial charge < -0.3 is 15.2 Å². The second-order valence-electron chi connectivity index (χ2n) is 4.17. The number of anilines is 1. The molecule has 0 unspecified atom stereocenters. The van der Waals surface area contributed by atoms with Crippen LogP contribution in [0.5, 0.6) is 11.5 Å². The van der Waals surface area contributed by atoms with E-state index in [1.807, 2.05) is 24.3 Å². The smallest absolute Gasteiger partial charge is 0.259 e. The molecule has 0 saturated heterocycles. The molecule has 0 aliphatic rings. The summed E-state index contributed by atoms with van der Waals surface area (Å²) in [6.07, 6.45) is 0. The number of alkyl halides is 1. The van der Waals surface area contributed by atoms with Crippen molar-refractivity contribution in [3.63, 3.8) is 0 Å². The first-order chi connectivity index (χ1) is 9.63. The first kappa shape index (κ1) is 14.4. The lowest BCUT2D eigenvalue weighted by Gasteiger charge is -2.08. The SMILES string of the molecule is COc1ccc(C(=O)Nc2ccc(CBr)cc2)c(O)c1. The van der Waals surface area contributed by atoms with Crippen molar-refractivity contribution >= 4 is 27.5 Å². The summed E-state index contributed by atoms with van der Waals surface area (Å²) in [6.45, 7) is 0. The summed E-state index contributed by atoms with van der Waals surface area (Å²) in [5.41, 5.74) is 2.00. The molecule has 104 valence electrons. The van der Waals surface area contributed by atoms with Crippen molar-refractivity contribution in [2.75, 3.05) is 12.4 Å². The Kier molecular flexibility index (Phi) is 4.63. The van der Waals surface area contributed by atoms with Gasteiger partial charge >= 0.3 is 0 Å². The third kappa shape index (κ3) is 3.30. The number of ether oxygens (including phenoxy) is 1. The lowest BCUT2D eigenvalue weighted by atomic mass is 10.1. The number of nitrogens with one attached hydrogen (secondary N) is 1. The van der Waals surface area contributed by atoms with Gasteiger partial charge in [0.25, 0.3) is 5.91 Å². The van der Waals surface area contributed by atoms with Crippen molar-refractivity contribution in [3.8, 4) is 11.5 Å². The number of methoxy groups -OCH3 is 1. The summed E-state index contributed by atoms with van der Waals surface area (Å²) in [5.74, 6) is 0.0244. The van der Waals surface area contributed by atoms with Gasteiger partial charge in [0.2, 0.25) is 0 Å². The summed E-state index contributed by atoms with van der Waals surface area (Å²) in [5, 5.41) is 13.3. The highest BCUT2D eigenvalue weighted by molar-refractivity contribution is 9.08. The molecule has 2 aromatic rings. The van der Waals surface area contributed by atoms with Crippen molar-refractivity contribution in [2.45, 2.75) is 5.33 Å². The van der Waals surface area contributed by atoms with E-state index in [2.05, 4.69) is 21.2 Å². The van der Waals surface area contributed by atoms with E-state index in [1.165, 1.54) is 19.2 Å². The Bertz CT molecular complexity index is 611. The van der Waals surface area contributed by atoms with Gasteiger partial charge in [-0.1, -0.05) is 28.1 Å². The van der Waals surface area contributed by atoms with Gasteiger partial charge in [0.15, 0.2) is 0 Å². The zero-order valence-corrected chi connectivity index (χ0v) is 12.5. The van der Waals surface area contributed by atoms with Crippen LogP contribution in [0.3, 0.4) is 0 Å². The van der Waals surface area contributed by atoms with E-state index < -0.39 is 0 Å². The van der Waals surface area contributed by atoms with Crippen molar-refractivity contribution in [2.24, 2.45) is 0 Å². The lowest BCUT2D eigenvalue weighted by Crippen LogP contribution is -2.12. The topological polar surface area (TPSA) is 58.6 Å². The number of benzene rings is 2. The van der Waals surface area contributed by atoms with Gasteiger partial charge in [-0.15, -0.1) is 0 Å². The van der Waals surface area contributed by atoms with Gasteiger partial charge in [0.1, 0.15) is 11.5 Å². The van der Waals surface area contributed by atoms with Gasteiger partial charge in [0.05, 0.1) is 12.7 Å². The van der Waals surface area contributed by atoms with E-state index in [4.69, 9.17) is 4.74 Å². The molecule has 0 aliphatic heterocycles. The summed E-state index contributed by atoms with van der Waals surface area (Å²) in [7, 11) is 1.50. The minimum Gasteiger partial charge on any atom is -0.507 e. The second kappa shape index (κ2) is 6.43. The van der Waals surface area contributed by atoms with Crippen LogP contribution in [0.15, 0.2) is 42.5 Å². The minimum absolute atomic E-state index is 0.112. The molecule has 0 aromatic heterocycles. The van der Waals surface area contributed by atoms with Gasteiger partial charge in [-0.05, 0) is 29.8 Å². The first-order valence-electron chi connectivity index (χ1n) is 5.97. The van der Waals surface area contributed by atoms with E-state index in [0.717, 1.165) is 10.9 Å². The van der Waals surface area contributed by atoms with Crippen LogP contribution in [-0.2, 0) is 5.33 Å². The molecule has 1 amide bonds. The maximum absolute atomic E-state index is 12.1. The van der Waals surface area contributed by atoms with E-state index >= 15 is 0 Å². The molecule has 0 bridgehead atoms. The number of carbonyl (C=O) groups excluding carboxylic acids is 1. The molecule has 0 atom stereocenters. The Labute approximate surface area is 125 Å². The summed E-state index contributed by atoms with van der Waals surface area (Å²) in [6, 6.07) is 12.0. The third-order valence-corrected chi connectivity index (χ3v) is 3.46. The van der Waals surface area contributed by atoms with Gasteiger partial charge in [-0.2, -0.15) is 0 Å². The van der Waals surface area contributed by atoms with Crippen molar-refractivity contribution in [1.82, 2.24) is 0 Å². The average molecular weight is 336 g/mol. The molecule has 5 heteroatoms. The van der Waals surface area contributed by atoms with Crippen LogP contribution < -0.4 is 10.1 Å². The molecule has 4 nitrogen and oxygen atoms in total. The van der Waals surface area contributed by atoms with Gasteiger partial charge in [-0.25, -0.2) is 0 Å². The maximum atomic E-state index is 12.1. The summed E-state index contributed by atoms with van der Waals surface area (Å²) >= 11 is 3.36. The Morgan fingerprint density at radius 3 is 2.50 bits per heavy atom. The fraction of sp³-hybridized carbons (Fsp3) is 0.133. The molecule has 0 heterocycles. The molecule has 0 aliphatic carbocycles. The molecule has 20 heavy (non-hydrogen) atoms. The summed E-state index contributed by atoms with van der Waals surface area (Å²) in [4.78, 5) is 12.1. The largest absolute Gasteiger partial charge is 0.507 e. The highest BCUT2D eigenvalue weighted by atomic mass is 79.9. The van der Waals surface area contributed by atoms with Gasteiger partial charge in [-0.3, -0.25) is 4.79 Å². The average Bonchev–Trinajstić information content (AvgIpc) is 2.47. The Morgan fingerprint density at radius 1 is 1.25 bits per heavy atom. The monoisotopic (exact) mass is 335 g/mol. The quantitative estimate of drug-likeness (QED) is 0.840. The Balaban J connectivity index is 2.14. The highest BCUT2D eigenvalue weighted by Gasteiger charge is 2.12. The molecular weight excluding hydrogens is 322 g/mol. The normalized spacial score (nSPS) is 10.1. The highest BCUT2D eigenvalue weighted by Crippen LogP contribution is 2.24. The van der Waals surface area contributed by atoms with E-state index in [1.54, 1.807) is 6.07 Å². The zero-order chi connectivity index (χ0) is 14.5. The number of aromatic hydroxyl groups is 1. The molecule has 2 rings (SSSR count). The van der Waals surface area contributed by atoms with Crippen LogP contribution in [0.2, 0.25) is 0 Å². The summed E-state index contributed by atoms with van der Waals surface area (Å²) < 4.78 is 4.98. The second-order valence-corrected chi connectivity index (χ2v) is 4.73. The number of halogens is 1. The zero-order valence-electron chi connectivity index (χ0n) is 10.9. The number of hydrogen-bond acceptors (Lipinski definition) is 3. The Morgan fingerprint density at radius 2 is 1.95 bits per heavy atom. The molecule has 2 aromatic carbocycles.